The SMILES string of the molecule is C=CCOc1ccccc1OCC(O)CNC(C)C.CC(CCc1ccccc1)NCC(O)c1ccc(O)c(C(N)=O)c1. The molecule has 9 nitrogen and oxygen atoms in total. The summed E-state index contributed by atoms with van der Waals surface area (Å²) in [6.45, 7) is 11.3. The highest BCUT2D eigenvalue weighted by Gasteiger charge is 2.14. The van der Waals surface area contributed by atoms with Crippen LogP contribution in [-0.4, -0.2) is 65.7 Å². The number of aliphatic hydroxyl groups excluding tert-OH is 2. The van der Waals surface area contributed by atoms with E-state index in [0.29, 0.717) is 42.8 Å². The summed E-state index contributed by atoms with van der Waals surface area (Å²) in [5, 5.41) is 36.1. The van der Waals surface area contributed by atoms with Crippen molar-refractivity contribution in [3.8, 4) is 17.2 Å². The number of hydrogen-bond donors (Lipinski definition) is 6. The molecule has 0 fully saturated rings. The Balaban J connectivity index is 0.000000309. The number of carbonyl (C=O) groups excluding carboxylic acids is 1. The molecule has 0 spiro atoms. The molecular weight excluding hydrogens is 546 g/mol. The lowest BCUT2D eigenvalue weighted by atomic mass is 10.0. The highest BCUT2D eigenvalue weighted by Crippen LogP contribution is 2.26. The Bertz CT molecular complexity index is 1240. The van der Waals surface area contributed by atoms with Crippen molar-refractivity contribution < 1.29 is 29.6 Å². The third-order valence-electron chi connectivity index (χ3n) is 6.44. The number of phenols is 1. The van der Waals surface area contributed by atoms with E-state index in [1.165, 1.54) is 17.7 Å². The number of nitrogens with one attached hydrogen (secondary N) is 2. The van der Waals surface area contributed by atoms with Crippen LogP contribution < -0.4 is 25.8 Å². The number of rotatable bonds is 17. The number of aryl methyl sites for hydroxylation is 1. The van der Waals surface area contributed by atoms with Crippen LogP contribution in [0.25, 0.3) is 0 Å². The summed E-state index contributed by atoms with van der Waals surface area (Å²) in [6.07, 6.45) is 2.28. The van der Waals surface area contributed by atoms with Crippen molar-refractivity contribution in [3.05, 3.63) is 102 Å². The Kier molecular flexibility index (Phi) is 15.9. The monoisotopic (exact) mass is 593 g/mol. The Morgan fingerprint density at radius 3 is 2.21 bits per heavy atom. The molecule has 3 aromatic rings. The van der Waals surface area contributed by atoms with Crippen molar-refractivity contribution in [2.45, 2.75) is 57.9 Å². The molecule has 0 radical (unpaired) electrons. The molecule has 0 bridgehead atoms. The number of nitrogens with two attached hydrogens (primary N) is 1. The molecule has 0 saturated carbocycles. The molecule has 0 heterocycles. The standard InChI is InChI=1S/C19H24N2O3.C15H23NO3/c1-13(7-8-14-5-3-2-4-6-14)21-12-18(23)15-9-10-17(22)16(11-15)19(20)24;1-4-9-18-14-7-5-6-8-15(14)19-11-13(17)10-16-12(2)3/h2-6,9-11,13,18,21-23H,7-8,12H2,1H3,(H2,20,24);4-8,12-13,16-17H,1,9-11H2,2-3H3. The maximum Gasteiger partial charge on any atom is 0.252 e. The van der Waals surface area contributed by atoms with Gasteiger partial charge in [0.1, 0.15) is 25.1 Å². The molecule has 0 aliphatic heterocycles. The summed E-state index contributed by atoms with van der Waals surface area (Å²) >= 11 is 0. The molecule has 3 atom stereocenters. The minimum absolute atomic E-state index is 0.0173. The van der Waals surface area contributed by atoms with E-state index >= 15 is 0 Å². The average Bonchev–Trinajstić information content (AvgIpc) is 3.00. The fraction of sp³-hybridized carbons (Fsp3) is 0.382. The van der Waals surface area contributed by atoms with Gasteiger partial charge in [-0.3, -0.25) is 4.79 Å². The summed E-state index contributed by atoms with van der Waals surface area (Å²) in [5.74, 6) is 0.396. The maximum atomic E-state index is 11.2. The zero-order valence-corrected chi connectivity index (χ0v) is 25.4. The predicted molar refractivity (Wildman–Crippen MR) is 171 cm³/mol. The Hall–Kier alpha value is -3.89. The topological polar surface area (TPSA) is 146 Å². The van der Waals surface area contributed by atoms with Crippen LogP contribution in [0.15, 0.2) is 85.5 Å². The van der Waals surface area contributed by atoms with Crippen LogP contribution in [0.2, 0.25) is 0 Å². The van der Waals surface area contributed by atoms with Gasteiger partial charge in [0.05, 0.1) is 11.7 Å². The lowest BCUT2D eigenvalue weighted by Gasteiger charge is -2.18. The molecule has 0 aromatic heterocycles. The van der Waals surface area contributed by atoms with E-state index in [4.69, 9.17) is 15.2 Å². The number of aliphatic hydroxyl groups is 2. The zero-order valence-electron chi connectivity index (χ0n) is 25.4. The first-order valence-electron chi connectivity index (χ1n) is 14.6. The summed E-state index contributed by atoms with van der Waals surface area (Å²) in [4.78, 5) is 11.2. The Morgan fingerprint density at radius 1 is 0.930 bits per heavy atom. The van der Waals surface area contributed by atoms with Gasteiger partial charge < -0.3 is 41.2 Å². The number of ether oxygens (including phenoxy) is 2. The quantitative estimate of drug-likeness (QED) is 0.128. The van der Waals surface area contributed by atoms with Crippen LogP contribution in [0, 0.1) is 0 Å². The third kappa shape index (κ3) is 13.8. The van der Waals surface area contributed by atoms with E-state index < -0.39 is 18.1 Å². The minimum atomic E-state index is -0.775. The number of aromatic hydroxyl groups is 1. The van der Waals surface area contributed by atoms with Crippen LogP contribution in [-0.2, 0) is 6.42 Å². The normalized spacial score (nSPS) is 12.9. The van der Waals surface area contributed by atoms with Crippen molar-refractivity contribution in [3.63, 3.8) is 0 Å². The van der Waals surface area contributed by atoms with Crippen LogP contribution in [0.5, 0.6) is 17.2 Å². The van der Waals surface area contributed by atoms with E-state index in [1.54, 1.807) is 12.1 Å². The van der Waals surface area contributed by atoms with Gasteiger partial charge in [0.25, 0.3) is 5.91 Å². The average molecular weight is 594 g/mol. The first kappa shape index (κ1) is 35.3. The lowest BCUT2D eigenvalue weighted by molar-refractivity contribution is 0.0997. The second-order valence-electron chi connectivity index (χ2n) is 10.6. The number of carbonyl (C=O) groups is 1. The van der Waals surface area contributed by atoms with E-state index in [2.05, 4.69) is 36.3 Å². The lowest BCUT2D eigenvalue weighted by Crippen LogP contribution is -2.35. The number of para-hydroxylation sites is 2. The Morgan fingerprint density at radius 2 is 1.58 bits per heavy atom. The maximum absolute atomic E-state index is 11.2. The highest BCUT2D eigenvalue weighted by atomic mass is 16.5. The van der Waals surface area contributed by atoms with Crippen LogP contribution in [0.4, 0.5) is 0 Å². The van der Waals surface area contributed by atoms with Crippen molar-refractivity contribution in [1.29, 1.82) is 0 Å². The summed E-state index contributed by atoms with van der Waals surface area (Å²) in [7, 11) is 0. The van der Waals surface area contributed by atoms with Crippen molar-refractivity contribution in [1.82, 2.24) is 10.6 Å². The number of amides is 1. The third-order valence-corrected chi connectivity index (χ3v) is 6.44. The second kappa shape index (κ2) is 19.3. The molecule has 3 unspecified atom stereocenters. The van der Waals surface area contributed by atoms with Gasteiger partial charge >= 0.3 is 0 Å². The van der Waals surface area contributed by atoms with Crippen molar-refractivity contribution >= 4 is 5.91 Å². The smallest absolute Gasteiger partial charge is 0.252 e. The highest BCUT2D eigenvalue weighted by molar-refractivity contribution is 5.95. The zero-order chi connectivity index (χ0) is 31.6. The molecule has 0 aliphatic rings. The molecule has 3 aromatic carbocycles. The van der Waals surface area contributed by atoms with Crippen LogP contribution in [0.3, 0.4) is 0 Å². The van der Waals surface area contributed by atoms with E-state index in [-0.39, 0.29) is 24.0 Å². The van der Waals surface area contributed by atoms with Gasteiger partial charge in [0, 0.05) is 25.2 Å². The van der Waals surface area contributed by atoms with E-state index in [0.717, 1.165) is 12.8 Å². The van der Waals surface area contributed by atoms with Gasteiger partial charge in [-0.25, -0.2) is 0 Å². The molecule has 234 valence electrons. The summed E-state index contributed by atoms with van der Waals surface area (Å²) < 4.78 is 11.1. The number of benzene rings is 3. The molecule has 3 rings (SSSR count). The Labute approximate surface area is 255 Å². The molecule has 9 heteroatoms. The van der Waals surface area contributed by atoms with E-state index in [9.17, 15) is 20.1 Å². The largest absolute Gasteiger partial charge is 0.507 e. The number of primary amides is 1. The van der Waals surface area contributed by atoms with E-state index in [1.807, 2.05) is 56.3 Å². The molecule has 0 saturated heterocycles. The first-order chi connectivity index (χ1) is 20.6. The second-order valence-corrected chi connectivity index (χ2v) is 10.6. The molecule has 0 aliphatic carbocycles. The van der Waals surface area contributed by atoms with Gasteiger partial charge in [0.15, 0.2) is 11.5 Å². The molecule has 1 amide bonds. The predicted octanol–water partition coefficient (Wildman–Crippen LogP) is 4.12. The van der Waals surface area contributed by atoms with Gasteiger partial charge in [-0.1, -0.05) is 75.0 Å². The molecule has 43 heavy (non-hydrogen) atoms. The van der Waals surface area contributed by atoms with Crippen molar-refractivity contribution in [2.75, 3.05) is 26.3 Å². The minimum Gasteiger partial charge on any atom is -0.507 e. The van der Waals surface area contributed by atoms with Gasteiger partial charge in [0.2, 0.25) is 0 Å². The molecular formula is C34H47N3O6. The van der Waals surface area contributed by atoms with Gasteiger partial charge in [-0.15, -0.1) is 0 Å². The summed E-state index contributed by atoms with van der Waals surface area (Å²) in [5.41, 5.74) is 7.06. The van der Waals surface area contributed by atoms with Crippen molar-refractivity contribution in [2.24, 2.45) is 5.73 Å². The van der Waals surface area contributed by atoms with Crippen LogP contribution >= 0.6 is 0 Å². The van der Waals surface area contributed by atoms with Gasteiger partial charge in [-0.05, 0) is 55.2 Å². The fourth-order valence-electron chi connectivity index (χ4n) is 3.97. The van der Waals surface area contributed by atoms with Gasteiger partial charge in [-0.2, -0.15) is 0 Å². The van der Waals surface area contributed by atoms with Crippen LogP contribution in [0.1, 0.15) is 54.8 Å². The molecule has 7 N–H and O–H groups in total. The summed E-state index contributed by atoms with van der Waals surface area (Å²) in [6, 6.07) is 22.6. The fourth-order valence-corrected chi connectivity index (χ4v) is 3.97. The number of hydrogen-bond acceptors (Lipinski definition) is 8. The first-order valence-corrected chi connectivity index (χ1v) is 14.6.